The number of aliphatic carboxylic acids is 1. The van der Waals surface area contributed by atoms with E-state index in [0.29, 0.717) is 5.56 Å². The van der Waals surface area contributed by atoms with Crippen LogP contribution in [-0.2, 0) is 10.7 Å². The molecule has 0 aliphatic carbocycles. The Hall–Kier alpha value is -2.63. The van der Waals surface area contributed by atoms with Crippen molar-refractivity contribution >= 4 is 5.97 Å². The van der Waals surface area contributed by atoms with Crippen molar-refractivity contribution in [1.82, 2.24) is 0 Å². The van der Waals surface area contributed by atoms with Gasteiger partial charge in [0, 0.05) is 12.0 Å². The van der Waals surface area contributed by atoms with E-state index in [2.05, 4.69) is 0 Å². The average molecular weight is 364 g/mol. The van der Waals surface area contributed by atoms with Gasteiger partial charge in [-0.3, -0.25) is 4.79 Å². The second-order valence-corrected chi connectivity index (χ2v) is 5.65. The third kappa shape index (κ3) is 4.50. The summed E-state index contributed by atoms with van der Waals surface area (Å²) in [5.41, 5.74) is 1.11. The van der Waals surface area contributed by atoms with E-state index in [1.807, 2.05) is 30.3 Å². The number of carboxylic acids is 1. The molecule has 0 heterocycles. The molecular formula is C20H22F2O4. The molecule has 0 atom stereocenters. The highest BCUT2D eigenvalue weighted by Crippen LogP contribution is 2.47. The van der Waals surface area contributed by atoms with Gasteiger partial charge < -0.3 is 14.6 Å². The van der Waals surface area contributed by atoms with Crippen molar-refractivity contribution in [2.45, 2.75) is 32.6 Å². The minimum atomic E-state index is -3.34. The number of benzene rings is 2. The van der Waals surface area contributed by atoms with Crippen LogP contribution in [0.4, 0.5) is 8.78 Å². The van der Waals surface area contributed by atoms with E-state index in [9.17, 15) is 13.6 Å². The predicted molar refractivity (Wildman–Crippen MR) is 95.0 cm³/mol. The zero-order valence-corrected chi connectivity index (χ0v) is 14.8. The smallest absolute Gasteiger partial charge is 0.303 e. The molecule has 0 aliphatic heterocycles. The SMILES string of the molecule is CCOc1c(-c2ccccc2)ccc(C(F)(F)CCC(=O)O)c1OCC. The van der Waals surface area contributed by atoms with Gasteiger partial charge in [0.25, 0.3) is 5.92 Å². The van der Waals surface area contributed by atoms with Crippen molar-refractivity contribution in [1.29, 1.82) is 0 Å². The van der Waals surface area contributed by atoms with Gasteiger partial charge in [-0.05, 0) is 31.5 Å². The van der Waals surface area contributed by atoms with Crippen molar-refractivity contribution in [3.8, 4) is 22.6 Å². The monoisotopic (exact) mass is 364 g/mol. The standard InChI is InChI=1S/C20H22F2O4/c1-3-25-18-15(14-8-6-5-7-9-14)10-11-16(19(18)26-4-2)20(21,22)13-12-17(23)24/h5-11H,3-4,12-13H2,1-2H3,(H,23,24). The summed E-state index contributed by atoms with van der Waals surface area (Å²) in [6.45, 7) is 3.92. The van der Waals surface area contributed by atoms with Crippen molar-refractivity contribution in [3.63, 3.8) is 0 Å². The Morgan fingerprint density at radius 3 is 2.19 bits per heavy atom. The zero-order chi connectivity index (χ0) is 19.2. The van der Waals surface area contributed by atoms with Gasteiger partial charge >= 0.3 is 5.97 Å². The first kappa shape index (κ1) is 19.7. The normalized spacial score (nSPS) is 11.2. The Kier molecular flexibility index (Phi) is 6.55. The summed E-state index contributed by atoms with van der Waals surface area (Å²) < 4.78 is 40.5. The molecule has 0 spiro atoms. The second-order valence-electron chi connectivity index (χ2n) is 5.65. The van der Waals surface area contributed by atoms with Crippen LogP contribution < -0.4 is 9.47 Å². The second kappa shape index (κ2) is 8.65. The Balaban J connectivity index is 2.59. The molecule has 0 radical (unpaired) electrons. The lowest BCUT2D eigenvalue weighted by atomic mass is 9.96. The van der Waals surface area contributed by atoms with Crippen molar-refractivity contribution < 1.29 is 28.2 Å². The average Bonchev–Trinajstić information content (AvgIpc) is 2.62. The molecule has 0 fully saturated rings. The van der Waals surface area contributed by atoms with E-state index >= 15 is 0 Å². The van der Waals surface area contributed by atoms with Gasteiger partial charge in [-0.25, -0.2) is 8.78 Å². The summed E-state index contributed by atoms with van der Waals surface area (Å²) in [7, 11) is 0. The molecule has 2 aromatic rings. The van der Waals surface area contributed by atoms with Gasteiger partial charge in [-0.2, -0.15) is 0 Å². The third-order valence-corrected chi connectivity index (χ3v) is 3.82. The van der Waals surface area contributed by atoms with E-state index in [1.54, 1.807) is 19.9 Å². The lowest BCUT2D eigenvalue weighted by Crippen LogP contribution is -2.18. The van der Waals surface area contributed by atoms with Gasteiger partial charge in [0.1, 0.15) is 0 Å². The maximum Gasteiger partial charge on any atom is 0.303 e. The van der Waals surface area contributed by atoms with Crippen LogP contribution in [0.25, 0.3) is 11.1 Å². The molecule has 140 valence electrons. The van der Waals surface area contributed by atoms with Gasteiger partial charge in [0.2, 0.25) is 0 Å². The van der Waals surface area contributed by atoms with E-state index < -0.39 is 24.7 Å². The molecule has 2 aromatic carbocycles. The highest BCUT2D eigenvalue weighted by molar-refractivity contribution is 5.75. The maximum absolute atomic E-state index is 14.7. The van der Waals surface area contributed by atoms with Crippen LogP contribution in [0.3, 0.4) is 0 Å². The Bertz CT molecular complexity index is 745. The quantitative estimate of drug-likeness (QED) is 0.672. The fourth-order valence-electron chi connectivity index (χ4n) is 2.67. The molecule has 2 rings (SSSR count). The minimum absolute atomic E-state index is 0.0360. The molecule has 1 N–H and O–H groups in total. The number of hydrogen-bond acceptors (Lipinski definition) is 3. The molecular weight excluding hydrogens is 342 g/mol. The lowest BCUT2D eigenvalue weighted by Gasteiger charge is -2.23. The maximum atomic E-state index is 14.7. The van der Waals surface area contributed by atoms with Crippen LogP contribution in [-0.4, -0.2) is 24.3 Å². The summed E-state index contributed by atoms with van der Waals surface area (Å²) in [6.07, 6.45) is -1.44. The Morgan fingerprint density at radius 2 is 1.62 bits per heavy atom. The molecule has 6 heteroatoms. The molecule has 0 aromatic heterocycles. The summed E-state index contributed by atoms with van der Waals surface area (Å²) in [4.78, 5) is 10.7. The van der Waals surface area contributed by atoms with Gasteiger partial charge in [-0.1, -0.05) is 30.3 Å². The number of hydrogen-bond donors (Lipinski definition) is 1. The van der Waals surface area contributed by atoms with Crippen LogP contribution in [0.5, 0.6) is 11.5 Å². The first-order chi connectivity index (χ1) is 12.4. The zero-order valence-electron chi connectivity index (χ0n) is 14.8. The lowest BCUT2D eigenvalue weighted by molar-refractivity contribution is -0.139. The van der Waals surface area contributed by atoms with Gasteiger partial charge in [0.15, 0.2) is 11.5 Å². The first-order valence-electron chi connectivity index (χ1n) is 8.48. The Morgan fingerprint density at radius 1 is 1.00 bits per heavy atom. The third-order valence-electron chi connectivity index (χ3n) is 3.82. The number of alkyl halides is 2. The molecule has 0 unspecified atom stereocenters. The Labute approximate surface area is 151 Å². The fourth-order valence-corrected chi connectivity index (χ4v) is 2.67. The number of rotatable bonds is 9. The van der Waals surface area contributed by atoms with Gasteiger partial charge in [0.05, 0.1) is 25.2 Å². The highest BCUT2D eigenvalue weighted by atomic mass is 19.3. The van der Waals surface area contributed by atoms with E-state index in [1.165, 1.54) is 6.07 Å². The van der Waals surface area contributed by atoms with Crippen LogP contribution >= 0.6 is 0 Å². The highest BCUT2D eigenvalue weighted by Gasteiger charge is 2.37. The van der Waals surface area contributed by atoms with Crippen LogP contribution in [0.2, 0.25) is 0 Å². The van der Waals surface area contributed by atoms with E-state index in [4.69, 9.17) is 14.6 Å². The molecule has 0 saturated heterocycles. The number of halogens is 2. The largest absolute Gasteiger partial charge is 0.489 e. The topological polar surface area (TPSA) is 55.8 Å². The summed E-state index contributed by atoms with van der Waals surface area (Å²) >= 11 is 0. The predicted octanol–water partition coefficient (Wildman–Crippen LogP) is 5.11. The molecule has 0 amide bonds. The van der Waals surface area contributed by atoms with Crippen LogP contribution in [0.15, 0.2) is 42.5 Å². The number of carbonyl (C=O) groups is 1. The molecule has 26 heavy (non-hydrogen) atoms. The first-order valence-corrected chi connectivity index (χ1v) is 8.48. The minimum Gasteiger partial charge on any atom is -0.489 e. The summed E-state index contributed by atoms with van der Waals surface area (Å²) in [5.74, 6) is -4.41. The van der Waals surface area contributed by atoms with Crippen LogP contribution in [0.1, 0.15) is 32.3 Å². The van der Waals surface area contributed by atoms with Crippen molar-refractivity contribution in [2.75, 3.05) is 13.2 Å². The molecule has 0 saturated carbocycles. The fraction of sp³-hybridized carbons (Fsp3) is 0.350. The van der Waals surface area contributed by atoms with E-state index in [0.717, 1.165) is 5.56 Å². The summed E-state index contributed by atoms with van der Waals surface area (Å²) in [5, 5.41) is 8.74. The molecule has 4 nitrogen and oxygen atoms in total. The van der Waals surface area contributed by atoms with E-state index in [-0.39, 0.29) is 30.3 Å². The van der Waals surface area contributed by atoms with Crippen molar-refractivity contribution in [2.24, 2.45) is 0 Å². The molecule has 0 bridgehead atoms. The molecule has 0 aliphatic rings. The van der Waals surface area contributed by atoms with Crippen molar-refractivity contribution in [3.05, 3.63) is 48.0 Å². The van der Waals surface area contributed by atoms with Crippen LogP contribution in [0, 0.1) is 0 Å². The van der Waals surface area contributed by atoms with Gasteiger partial charge in [-0.15, -0.1) is 0 Å². The number of carboxylic acid groups (broad SMARTS) is 1. The summed E-state index contributed by atoms with van der Waals surface area (Å²) in [6, 6.07) is 12.1. The number of ether oxygens (including phenoxy) is 2.